The van der Waals surface area contributed by atoms with Crippen LogP contribution in [0.3, 0.4) is 0 Å². The van der Waals surface area contributed by atoms with Gasteiger partial charge in [0.25, 0.3) is 5.69 Å². The summed E-state index contributed by atoms with van der Waals surface area (Å²) in [7, 11) is 1.73. The molecule has 1 amide bonds. The number of nitrogens with zero attached hydrogens (tertiary/aromatic N) is 2. The van der Waals surface area contributed by atoms with Crippen molar-refractivity contribution in [1.82, 2.24) is 4.90 Å². The van der Waals surface area contributed by atoms with Gasteiger partial charge in [-0.2, -0.15) is 0 Å². The Morgan fingerprint density at radius 3 is 2.60 bits per heavy atom. The van der Waals surface area contributed by atoms with Gasteiger partial charge in [-0.3, -0.25) is 14.9 Å². The molecule has 0 fully saturated rings. The number of nitro groups is 1. The van der Waals surface area contributed by atoms with Gasteiger partial charge in [0, 0.05) is 40.7 Å². The van der Waals surface area contributed by atoms with Crippen LogP contribution in [0, 0.1) is 10.1 Å². The molecule has 0 radical (unpaired) electrons. The number of non-ortho nitro benzene ring substituents is 1. The largest absolute Gasteiger partial charge is 0.339 e. The maximum atomic E-state index is 12.4. The van der Waals surface area contributed by atoms with Crippen molar-refractivity contribution in [2.24, 2.45) is 0 Å². The molecule has 7 heteroatoms. The maximum absolute atomic E-state index is 12.4. The second kappa shape index (κ2) is 9.01. The summed E-state index contributed by atoms with van der Waals surface area (Å²) in [6.07, 6.45) is 0.413. The molecule has 25 heavy (non-hydrogen) atoms. The molecule has 132 valence electrons. The highest BCUT2D eigenvalue weighted by Crippen LogP contribution is 2.25. The van der Waals surface area contributed by atoms with Crippen LogP contribution in [0.15, 0.2) is 57.9 Å². The highest BCUT2D eigenvalue weighted by atomic mass is 79.9. The van der Waals surface area contributed by atoms with E-state index in [1.165, 1.54) is 12.1 Å². The number of carbonyl (C=O) groups excluding carboxylic acids is 1. The fraction of sp³-hybridized carbons (Fsp3) is 0.278. The van der Waals surface area contributed by atoms with E-state index in [2.05, 4.69) is 15.9 Å². The van der Waals surface area contributed by atoms with E-state index in [0.717, 1.165) is 14.9 Å². The lowest BCUT2D eigenvalue weighted by molar-refractivity contribution is -0.384. The van der Waals surface area contributed by atoms with Gasteiger partial charge in [0.05, 0.1) is 11.0 Å². The minimum absolute atomic E-state index is 0.0172. The third kappa shape index (κ3) is 5.57. The number of nitro benzene ring substituents is 1. The molecule has 0 saturated carbocycles. The number of rotatable bonds is 7. The minimum Gasteiger partial charge on any atom is -0.339 e. The molecule has 0 aliphatic carbocycles. The van der Waals surface area contributed by atoms with Crippen molar-refractivity contribution in [3.63, 3.8) is 0 Å². The first-order chi connectivity index (χ1) is 11.9. The zero-order chi connectivity index (χ0) is 18.4. The van der Waals surface area contributed by atoms with Crippen molar-refractivity contribution in [3.8, 4) is 0 Å². The molecule has 0 heterocycles. The first-order valence-corrected chi connectivity index (χ1v) is 9.54. The normalized spacial score (nSPS) is 11.8. The summed E-state index contributed by atoms with van der Waals surface area (Å²) in [5, 5.41) is 10.9. The number of thioether (sulfide) groups is 1. The predicted molar refractivity (Wildman–Crippen MR) is 104 cm³/mol. The molecule has 0 saturated heterocycles. The molecule has 2 aromatic rings. The van der Waals surface area contributed by atoms with E-state index in [9.17, 15) is 14.9 Å². The molecule has 2 rings (SSSR count). The predicted octanol–water partition coefficient (Wildman–Crippen LogP) is 5.06. The minimum atomic E-state index is -0.424. The monoisotopic (exact) mass is 422 g/mol. The van der Waals surface area contributed by atoms with Crippen molar-refractivity contribution in [2.45, 2.75) is 24.3 Å². The Labute approximate surface area is 159 Å². The Kier molecular flexibility index (Phi) is 7.01. The number of benzene rings is 2. The van der Waals surface area contributed by atoms with Crippen molar-refractivity contribution in [3.05, 3.63) is 68.7 Å². The van der Waals surface area contributed by atoms with Gasteiger partial charge in [-0.05, 0) is 36.8 Å². The first kappa shape index (κ1) is 19.5. The highest BCUT2D eigenvalue weighted by Gasteiger charge is 2.19. The van der Waals surface area contributed by atoms with Crippen LogP contribution in [0.5, 0.6) is 0 Å². The molecular formula is C18H19BrN2O3S. The van der Waals surface area contributed by atoms with Crippen molar-refractivity contribution >= 4 is 39.3 Å². The fourth-order valence-corrected chi connectivity index (χ4v) is 3.41. The van der Waals surface area contributed by atoms with Crippen LogP contribution in [0.2, 0.25) is 0 Å². The summed E-state index contributed by atoms with van der Waals surface area (Å²) < 4.78 is 1.03. The topological polar surface area (TPSA) is 63.5 Å². The Balaban J connectivity index is 1.91. The molecule has 1 unspecified atom stereocenters. The average molecular weight is 423 g/mol. The summed E-state index contributed by atoms with van der Waals surface area (Å²) in [5.74, 6) is 0.704. The number of carbonyl (C=O) groups is 1. The quantitative estimate of drug-likeness (QED) is 0.355. The summed E-state index contributed by atoms with van der Waals surface area (Å²) in [4.78, 5) is 25.6. The van der Waals surface area contributed by atoms with E-state index in [1.807, 2.05) is 31.2 Å². The van der Waals surface area contributed by atoms with Crippen LogP contribution >= 0.6 is 27.7 Å². The fourth-order valence-electron chi connectivity index (χ4n) is 2.30. The van der Waals surface area contributed by atoms with Crippen LogP contribution in [-0.2, 0) is 4.79 Å². The molecule has 5 nitrogen and oxygen atoms in total. The second-order valence-electron chi connectivity index (χ2n) is 5.59. The van der Waals surface area contributed by atoms with E-state index < -0.39 is 4.92 Å². The Bertz CT molecular complexity index is 752. The average Bonchev–Trinajstić information content (AvgIpc) is 2.62. The Morgan fingerprint density at radius 1 is 1.28 bits per heavy atom. The van der Waals surface area contributed by atoms with Crippen molar-refractivity contribution in [1.29, 1.82) is 0 Å². The van der Waals surface area contributed by atoms with E-state index in [0.29, 0.717) is 12.2 Å². The maximum Gasteiger partial charge on any atom is 0.269 e. The molecule has 2 aromatic carbocycles. The van der Waals surface area contributed by atoms with Gasteiger partial charge in [-0.25, -0.2) is 0 Å². The van der Waals surface area contributed by atoms with E-state index in [4.69, 9.17) is 0 Å². The summed E-state index contributed by atoms with van der Waals surface area (Å²) >= 11 is 5.03. The smallest absolute Gasteiger partial charge is 0.269 e. The van der Waals surface area contributed by atoms with Crippen LogP contribution in [-0.4, -0.2) is 28.5 Å². The van der Waals surface area contributed by atoms with Gasteiger partial charge < -0.3 is 4.90 Å². The lowest BCUT2D eigenvalue weighted by atomic mass is 10.1. The molecule has 0 aliphatic rings. The molecule has 0 bridgehead atoms. The molecule has 1 atom stereocenters. The SMILES string of the molecule is CC(c1cccc([N+](=O)[O-])c1)N(C)C(=O)CCSc1ccc(Br)cc1. The van der Waals surface area contributed by atoms with Crippen LogP contribution < -0.4 is 0 Å². The van der Waals surface area contributed by atoms with E-state index in [-0.39, 0.29) is 17.6 Å². The Morgan fingerprint density at radius 2 is 1.96 bits per heavy atom. The number of hydrogen-bond acceptors (Lipinski definition) is 4. The first-order valence-electron chi connectivity index (χ1n) is 7.77. The molecular weight excluding hydrogens is 404 g/mol. The van der Waals surface area contributed by atoms with Crippen molar-refractivity contribution < 1.29 is 9.72 Å². The number of hydrogen-bond donors (Lipinski definition) is 0. The molecule has 0 spiro atoms. The molecule has 0 aliphatic heterocycles. The van der Waals surface area contributed by atoms with Crippen LogP contribution in [0.1, 0.15) is 24.9 Å². The van der Waals surface area contributed by atoms with Gasteiger partial charge in [0.15, 0.2) is 0 Å². The zero-order valence-corrected chi connectivity index (χ0v) is 16.4. The van der Waals surface area contributed by atoms with Gasteiger partial charge in [-0.15, -0.1) is 11.8 Å². The van der Waals surface area contributed by atoms with Gasteiger partial charge in [0.2, 0.25) is 5.91 Å². The van der Waals surface area contributed by atoms with E-state index in [1.54, 1.807) is 35.8 Å². The van der Waals surface area contributed by atoms with Gasteiger partial charge >= 0.3 is 0 Å². The zero-order valence-electron chi connectivity index (χ0n) is 14.0. The lowest BCUT2D eigenvalue weighted by Gasteiger charge is -2.25. The third-order valence-corrected chi connectivity index (χ3v) is 5.48. The summed E-state index contributed by atoms with van der Waals surface area (Å²) in [6.45, 7) is 1.87. The number of amides is 1. The summed E-state index contributed by atoms with van der Waals surface area (Å²) in [6, 6.07) is 14.2. The molecule has 0 aromatic heterocycles. The van der Waals surface area contributed by atoms with Crippen LogP contribution in [0.4, 0.5) is 5.69 Å². The molecule has 0 N–H and O–H groups in total. The second-order valence-corrected chi connectivity index (χ2v) is 7.67. The van der Waals surface area contributed by atoms with Crippen LogP contribution in [0.25, 0.3) is 0 Å². The Hall–Kier alpha value is -1.86. The van der Waals surface area contributed by atoms with E-state index >= 15 is 0 Å². The third-order valence-electron chi connectivity index (χ3n) is 3.94. The number of halogens is 1. The lowest BCUT2D eigenvalue weighted by Crippen LogP contribution is -2.29. The standard InChI is InChI=1S/C18H19BrN2O3S/c1-13(14-4-3-5-16(12-14)21(23)24)20(2)18(22)10-11-25-17-8-6-15(19)7-9-17/h3-9,12-13H,10-11H2,1-2H3. The van der Waals surface area contributed by atoms with Crippen molar-refractivity contribution in [2.75, 3.05) is 12.8 Å². The van der Waals surface area contributed by atoms with Gasteiger partial charge in [-0.1, -0.05) is 28.1 Å². The van der Waals surface area contributed by atoms with Gasteiger partial charge in [0.1, 0.15) is 0 Å². The summed E-state index contributed by atoms with van der Waals surface area (Å²) in [5.41, 5.74) is 0.793. The highest BCUT2D eigenvalue weighted by molar-refractivity contribution is 9.10.